The number of ether oxygens (including phenoxy) is 1. The number of benzene rings is 2. The molecular formula is C17H17ClN2O4. The van der Waals surface area contributed by atoms with Crippen LogP contribution in [0.2, 0.25) is 5.02 Å². The van der Waals surface area contributed by atoms with Crippen LogP contribution >= 0.6 is 11.6 Å². The van der Waals surface area contributed by atoms with Gasteiger partial charge in [-0.15, -0.1) is 0 Å². The summed E-state index contributed by atoms with van der Waals surface area (Å²) in [7, 11) is 1.63. The molecule has 2 rings (SSSR count). The van der Waals surface area contributed by atoms with Crippen molar-refractivity contribution < 1.29 is 14.5 Å². The van der Waals surface area contributed by atoms with Crippen LogP contribution in [0.1, 0.15) is 15.9 Å². The van der Waals surface area contributed by atoms with Gasteiger partial charge >= 0.3 is 0 Å². The molecule has 0 spiro atoms. The molecule has 0 aliphatic heterocycles. The van der Waals surface area contributed by atoms with Gasteiger partial charge in [0.25, 0.3) is 11.6 Å². The van der Waals surface area contributed by atoms with Gasteiger partial charge in [0.2, 0.25) is 0 Å². The van der Waals surface area contributed by atoms with Crippen LogP contribution in [0.25, 0.3) is 0 Å². The van der Waals surface area contributed by atoms with E-state index in [1.807, 2.05) is 0 Å². The molecular weight excluding hydrogens is 332 g/mol. The molecule has 0 aliphatic carbocycles. The molecule has 6 nitrogen and oxygen atoms in total. The lowest BCUT2D eigenvalue weighted by Crippen LogP contribution is -2.31. The Morgan fingerprint density at radius 1 is 1.29 bits per heavy atom. The normalized spacial score (nSPS) is 10.3. The molecule has 0 aliphatic rings. The van der Waals surface area contributed by atoms with Gasteiger partial charge in [0.05, 0.1) is 11.5 Å². The predicted molar refractivity (Wildman–Crippen MR) is 91.7 cm³/mol. The summed E-state index contributed by atoms with van der Waals surface area (Å²) in [6, 6.07) is 11.5. The largest absolute Gasteiger partial charge is 0.492 e. The van der Waals surface area contributed by atoms with Gasteiger partial charge < -0.3 is 9.64 Å². The Bertz CT molecular complexity index is 764. The van der Waals surface area contributed by atoms with Gasteiger partial charge in [-0.25, -0.2) is 0 Å². The lowest BCUT2D eigenvalue weighted by molar-refractivity contribution is -0.385. The molecule has 126 valence electrons. The van der Waals surface area contributed by atoms with Crippen molar-refractivity contribution in [2.24, 2.45) is 0 Å². The summed E-state index contributed by atoms with van der Waals surface area (Å²) in [6.45, 7) is 2.20. The average Bonchev–Trinajstić information content (AvgIpc) is 2.54. The summed E-state index contributed by atoms with van der Waals surface area (Å²) in [4.78, 5) is 24.4. The van der Waals surface area contributed by atoms with Crippen LogP contribution in [0.5, 0.6) is 5.75 Å². The SMILES string of the molecule is Cc1c(C(=O)N(C)CCOc2cccc(Cl)c2)cccc1[N+](=O)[O-]. The zero-order valence-corrected chi connectivity index (χ0v) is 14.1. The molecule has 1 amide bonds. The maximum Gasteiger partial charge on any atom is 0.273 e. The van der Waals surface area contributed by atoms with E-state index in [4.69, 9.17) is 16.3 Å². The number of hydrogen-bond donors (Lipinski definition) is 0. The van der Waals surface area contributed by atoms with Crippen LogP contribution in [0.15, 0.2) is 42.5 Å². The van der Waals surface area contributed by atoms with Gasteiger partial charge in [0.15, 0.2) is 0 Å². The summed E-state index contributed by atoms with van der Waals surface area (Å²) in [5.74, 6) is 0.334. The van der Waals surface area contributed by atoms with Gasteiger partial charge in [0.1, 0.15) is 12.4 Å². The van der Waals surface area contributed by atoms with Crippen LogP contribution in [-0.2, 0) is 0 Å². The van der Waals surface area contributed by atoms with E-state index in [-0.39, 0.29) is 18.2 Å². The molecule has 0 heterocycles. The van der Waals surface area contributed by atoms with Crippen molar-refractivity contribution >= 4 is 23.2 Å². The topological polar surface area (TPSA) is 72.7 Å². The number of nitro groups is 1. The van der Waals surface area contributed by atoms with E-state index in [1.54, 1.807) is 44.3 Å². The molecule has 2 aromatic rings. The van der Waals surface area contributed by atoms with Crippen LogP contribution in [0.4, 0.5) is 5.69 Å². The fourth-order valence-corrected chi connectivity index (χ4v) is 2.40. The highest BCUT2D eigenvalue weighted by Crippen LogP contribution is 2.22. The van der Waals surface area contributed by atoms with Crippen molar-refractivity contribution in [1.29, 1.82) is 0 Å². The van der Waals surface area contributed by atoms with E-state index in [0.29, 0.717) is 28.4 Å². The molecule has 0 radical (unpaired) electrons. The van der Waals surface area contributed by atoms with Crippen molar-refractivity contribution in [2.75, 3.05) is 20.2 Å². The highest BCUT2D eigenvalue weighted by atomic mass is 35.5. The first-order chi connectivity index (χ1) is 11.4. The van der Waals surface area contributed by atoms with Crippen molar-refractivity contribution in [3.05, 3.63) is 68.7 Å². The summed E-state index contributed by atoms with van der Waals surface area (Å²) in [6.07, 6.45) is 0. The molecule has 0 unspecified atom stereocenters. The highest BCUT2D eigenvalue weighted by Gasteiger charge is 2.20. The van der Waals surface area contributed by atoms with Crippen LogP contribution in [0, 0.1) is 17.0 Å². The molecule has 0 fully saturated rings. The molecule has 0 saturated carbocycles. The van der Waals surface area contributed by atoms with E-state index in [9.17, 15) is 14.9 Å². The summed E-state index contributed by atoms with van der Waals surface area (Å²) in [5, 5.41) is 11.5. The lowest BCUT2D eigenvalue weighted by atomic mass is 10.1. The monoisotopic (exact) mass is 348 g/mol. The zero-order valence-electron chi connectivity index (χ0n) is 13.4. The fourth-order valence-electron chi connectivity index (χ4n) is 2.22. The van der Waals surface area contributed by atoms with Crippen LogP contribution < -0.4 is 4.74 Å². The van der Waals surface area contributed by atoms with Crippen molar-refractivity contribution in [3.63, 3.8) is 0 Å². The molecule has 0 saturated heterocycles. The van der Waals surface area contributed by atoms with Gasteiger partial charge in [-0.05, 0) is 31.2 Å². The number of nitro benzene ring substituents is 1. The second-order valence-corrected chi connectivity index (χ2v) is 5.68. The Labute approximate surface area is 144 Å². The summed E-state index contributed by atoms with van der Waals surface area (Å²) in [5.41, 5.74) is 0.606. The van der Waals surface area contributed by atoms with E-state index >= 15 is 0 Å². The smallest absolute Gasteiger partial charge is 0.273 e. The lowest BCUT2D eigenvalue weighted by Gasteiger charge is -2.18. The van der Waals surface area contributed by atoms with E-state index in [2.05, 4.69) is 0 Å². The number of rotatable bonds is 6. The molecule has 2 aromatic carbocycles. The molecule has 24 heavy (non-hydrogen) atoms. The molecule has 7 heteroatoms. The predicted octanol–water partition coefficient (Wildman–Crippen LogP) is 3.71. The van der Waals surface area contributed by atoms with Crippen LogP contribution in [0.3, 0.4) is 0 Å². The fraction of sp³-hybridized carbons (Fsp3) is 0.235. The molecule has 0 aromatic heterocycles. The number of likely N-dealkylation sites (N-methyl/N-ethyl adjacent to an activating group) is 1. The van der Waals surface area contributed by atoms with Gasteiger partial charge in [-0.3, -0.25) is 14.9 Å². The Hall–Kier alpha value is -2.60. The number of carbonyl (C=O) groups excluding carboxylic acids is 1. The Morgan fingerprint density at radius 2 is 2.00 bits per heavy atom. The van der Waals surface area contributed by atoms with Crippen molar-refractivity contribution in [2.45, 2.75) is 6.92 Å². The average molecular weight is 349 g/mol. The van der Waals surface area contributed by atoms with Crippen molar-refractivity contribution in [1.82, 2.24) is 4.90 Å². The van der Waals surface area contributed by atoms with Gasteiger partial charge in [-0.2, -0.15) is 0 Å². The van der Waals surface area contributed by atoms with E-state index in [1.165, 1.54) is 17.0 Å². The summed E-state index contributed by atoms with van der Waals surface area (Å²) < 4.78 is 5.55. The third kappa shape index (κ3) is 4.23. The Balaban J connectivity index is 2.00. The molecule has 0 N–H and O–H groups in total. The number of amides is 1. The maximum atomic E-state index is 12.5. The highest BCUT2D eigenvalue weighted by molar-refractivity contribution is 6.30. The Morgan fingerprint density at radius 3 is 2.67 bits per heavy atom. The minimum Gasteiger partial charge on any atom is -0.492 e. The number of hydrogen-bond acceptors (Lipinski definition) is 4. The van der Waals surface area contributed by atoms with Gasteiger partial charge in [-0.1, -0.05) is 23.7 Å². The minimum absolute atomic E-state index is 0.0653. The third-order valence-electron chi connectivity index (χ3n) is 3.57. The second-order valence-electron chi connectivity index (χ2n) is 5.24. The maximum absolute atomic E-state index is 12.5. The summed E-state index contributed by atoms with van der Waals surface area (Å²) >= 11 is 5.88. The first-order valence-electron chi connectivity index (χ1n) is 7.28. The molecule has 0 bridgehead atoms. The third-order valence-corrected chi connectivity index (χ3v) is 3.81. The van der Waals surface area contributed by atoms with Crippen LogP contribution in [-0.4, -0.2) is 35.9 Å². The number of nitrogens with zero attached hydrogens (tertiary/aromatic N) is 2. The standard InChI is InChI=1S/C17H17ClN2O4/c1-12-15(7-4-8-16(12)20(22)23)17(21)19(2)9-10-24-14-6-3-5-13(18)11-14/h3-8,11H,9-10H2,1-2H3. The zero-order chi connectivity index (χ0) is 17.7. The van der Waals surface area contributed by atoms with E-state index in [0.717, 1.165) is 0 Å². The van der Waals surface area contributed by atoms with Crippen molar-refractivity contribution in [3.8, 4) is 5.75 Å². The van der Waals surface area contributed by atoms with E-state index < -0.39 is 4.92 Å². The quantitative estimate of drug-likeness (QED) is 0.589. The Kier molecular flexibility index (Phi) is 5.76. The first kappa shape index (κ1) is 17.7. The van der Waals surface area contributed by atoms with Gasteiger partial charge in [0, 0.05) is 29.3 Å². The first-order valence-corrected chi connectivity index (χ1v) is 7.66. The minimum atomic E-state index is -0.492. The molecule has 0 atom stereocenters. The number of halogens is 1. The second kappa shape index (κ2) is 7.79. The number of carbonyl (C=O) groups is 1.